The molecule has 1 aromatic rings. The van der Waals surface area contributed by atoms with Crippen molar-refractivity contribution in [2.45, 2.75) is 11.8 Å². The van der Waals surface area contributed by atoms with Gasteiger partial charge in [0.1, 0.15) is 0 Å². The molecule has 0 heterocycles. The van der Waals surface area contributed by atoms with Gasteiger partial charge in [0.05, 0.1) is 23.7 Å². The molecule has 134 valence electrons. The molecule has 0 fully saturated rings. The molecular formula is C13H18BrN3O6S. The summed E-state index contributed by atoms with van der Waals surface area (Å²) in [6.07, 6.45) is -0.827. The number of nitrogens with one attached hydrogen (secondary N) is 3. The zero-order valence-corrected chi connectivity index (χ0v) is 15.5. The minimum atomic E-state index is -3.79. The van der Waals surface area contributed by atoms with E-state index in [2.05, 4.69) is 30.8 Å². The molecule has 0 unspecified atom stereocenters. The van der Waals surface area contributed by atoms with Crippen molar-refractivity contribution in [3.05, 3.63) is 28.2 Å². The van der Waals surface area contributed by atoms with Crippen LogP contribution in [0.3, 0.4) is 0 Å². The van der Waals surface area contributed by atoms with Crippen molar-refractivity contribution in [2.75, 3.05) is 26.9 Å². The molecule has 11 heteroatoms. The van der Waals surface area contributed by atoms with Crippen LogP contribution in [-0.4, -0.2) is 47.3 Å². The van der Waals surface area contributed by atoms with E-state index in [-0.39, 0.29) is 30.2 Å². The molecule has 0 aromatic heterocycles. The highest BCUT2D eigenvalue weighted by atomic mass is 79.9. The number of carbonyl (C=O) groups is 2. The van der Waals surface area contributed by atoms with Gasteiger partial charge in [-0.15, -0.1) is 0 Å². The SMILES string of the molecule is CCOC(=O)NNC(=O)c1cc(S(=O)(=O)NCCOC)ccc1Br. The van der Waals surface area contributed by atoms with Crippen molar-refractivity contribution in [3.8, 4) is 0 Å². The molecule has 1 rings (SSSR count). The van der Waals surface area contributed by atoms with E-state index in [1.54, 1.807) is 6.92 Å². The lowest BCUT2D eigenvalue weighted by Crippen LogP contribution is -2.42. The lowest BCUT2D eigenvalue weighted by Gasteiger charge is -2.11. The number of halogens is 1. The van der Waals surface area contributed by atoms with Gasteiger partial charge in [-0.05, 0) is 41.1 Å². The first kappa shape index (κ1) is 20.4. The van der Waals surface area contributed by atoms with Gasteiger partial charge in [-0.25, -0.2) is 23.4 Å². The van der Waals surface area contributed by atoms with Gasteiger partial charge in [0.2, 0.25) is 10.0 Å². The molecule has 2 amide bonds. The summed E-state index contributed by atoms with van der Waals surface area (Å²) in [6.45, 7) is 2.07. The highest BCUT2D eigenvalue weighted by molar-refractivity contribution is 9.10. The van der Waals surface area contributed by atoms with Crippen LogP contribution in [0.25, 0.3) is 0 Å². The Morgan fingerprint density at radius 3 is 2.58 bits per heavy atom. The molecule has 0 aliphatic rings. The van der Waals surface area contributed by atoms with E-state index in [4.69, 9.17) is 4.74 Å². The van der Waals surface area contributed by atoms with Crippen LogP contribution in [0.2, 0.25) is 0 Å². The smallest absolute Gasteiger partial charge is 0.426 e. The number of rotatable bonds is 7. The second kappa shape index (κ2) is 9.57. The standard InChI is InChI=1S/C13H18BrN3O6S/c1-3-23-13(19)17-16-12(18)10-8-9(4-5-11(10)14)24(20,21)15-6-7-22-2/h4-5,8,15H,3,6-7H2,1-2H3,(H,16,18)(H,17,19). The van der Waals surface area contributed by atoms with Crippen LogP contribution in [0.4, 0.5) is 4.79 Å². The van der Waals surface area contributed by atoms with E-state index in [0.29, 0.717) is 4.47 Å². The fraction of sp³-hybridized carbons (Fsp3) is 0.385. The lowest BCUT2D eigenvalue weighted by molar-refractivity contribution is 0.0911. The fourth-order valence-corrected chi connectivity index (χ4v) is 3.01. The molecule has 9 nitrogen and oxygen atoms in total. The maximum Gasteiger partial charge on any atom is 0.426 e. The number of amides is 2. The highest BCUT2D eigenvalue weighted by Crippen LogP contribution is 2.21. The average Bonchev–Trinajstić information content (AvgIpc) is 2.53. The van der Waals surface area contributed by atoms with Crippen molar-refractivity contribution in [3.63, 3.8) is 0 Å². The van der Waals surface area contributed by atoms with Gasteiger partial charge in [0, 0.05) is 18.1 Å². The Morgan fingerprint density at radius 2 is 1.96 bits per heavy atom. The van der Waals surface area contributed by atoms with Crippen LogP contribution in [0.1, 0.15) is 17.3 Å². The van der Waals surface area contributed by atoms with Crippen LogP contribution < -0.4 is 15.6 Å². The van der Waals surface area contributed by atoms with E-state index in [1.165, 1.54) is 25.3 Å². The van der Waals surface area contributed by atoms with E-state index in [1.807, 2.05) is 5.43 Å². The van der Waals surface area contributed by atoms with Crippen LogP contribution >= 0.6 is 15.9 Å². The van der Waals surface area contributed by atoms with Crippen LogP contribution in [0.5, 0.6) is 0 Å². The molecule has 0 aliphatic carbocycles. The van der Waals surface area contributed by atoms with Crippen LogP contribution in [0.15, 0.2) is 27.6 Å². The van der Waals surface area contributed by atoms with Crippen molar-refractivity contribution in [1.82, 2.24) is 15.6 Å². The van der Waals surface area contributed by atoms with Gasteiger partial charge >= 0.3 is 6.09 Å². The van der Waals surface area contributed by atoms with Crippen LogP contribution in [-0.2, 0) is 19.5 Å². The summed E-state index contributed by atoms with van der Waals surface area (Å²) in [7, 11) is -2.34. The summed E-state index contributed by atoms with van der Waals surface area (Å²) in [5.41, 5.74) is 4.20. The van der Waals surface area contributed by atoms with Crippen LogP contribution in [0, 0.1) is 0 Å². The second-order valence-electron chi connectivity index (χ2n) is 4.33. The Hall–Kier alpha value is -1.69. The van der Waals surface area contributed by atoms with E-state index < -0.39 is 22.0 Å². The minimum absolute atomic E-state index is 0.0291. The largest absolute Gasteiger partial charge is 0.449 e. The Kier molecular flexibility index (Phi) is 8.11. The average molecular weight is 424 g/mol. The molecule has 0 saturated carbocycles. The molecule has 0 atom stereocenters. The number of benzene rings is 1. The first-order chi connectivity index (χ1) is 11.3. The zero-order valence-electron chi connectivity index (χ0n) is 13.1. The Bertz CT molecular complexity index is 695. The maximum atomic E-state index is 12.1. The quantitative estimate of drug-likeness (QED) is 0.439. The molecule has 3 N–H and O–H groups in total. The zero-order chi connectivity index (χ0) is 18.2. The predicted molar refractivity (Wildman–Crippen MR) is 88.8 cm³/mol. The molecule has 0 spiro atoms. The number of hydrogen-bond donors (Lipinski definition) is 3. The normalized spacial score (nSPS) is 11.0. The van der Waals surface area contributed by atoms with Gasteiger partial charge in [-0.1, -0.05) is 0 Å². The van der Waals surface area contributed by atoms with Gasteiger partial charge in [0.15, 0.2) is 0 Å². The summed E-state index contributed by atoms with van der Waals surface area (Å²) in [4.78, 5) is 23.1. The monoisotopic (exact) mass is 423 g/mol. The Balaban J connectivity index is 2.89. The third-order valence-electron chi connectivity index (χ3n) is 2.64. The maximum absolute atomic E-state index is 12.1. The fourth-order valence-electron chi connectivity index (χ4n) is 1.55. The van der Waals surface area contributed by atoms with Gasteiger partial charge < -0.3 is 9.47 Å². The van der Waals surface area contributed by atoms with Crippen molar-refractivity contribution < 1.29 is 27.5 Å². The summed E-state index contributed by atoms with van der Waals surface area (Å²) in [5.74, 6) is -0.705. The van der Waals surface area contributed by atoms with Crippen molar-refractivity contribution in [1.29, 1.82) is 0 Å². The summed E-state index contributed by atoms with van der Waals surface area (Å²) < 4.78 is 36.4. The van der Waals surface area contributed by atoms with Gasteiger partial charge in [-0.2, -0.15) is 0 Å². The molecule has 1 aromatic carbocycles. The van der Waals surface area contributed by atoms with Gasteiger partial charge in [0.25, 0.3) is 5.91 Å². The molecule has 0 radical (unpaired) electrons. The number of methoxy groups -OCH3 is 1. The number of hydrogen-bond acceptors (Lipinski definition) is 6. The topological polar surface area (TPSA) is 123 Å². The van der Waals surface area contributed by atoms with Gasteiger partial charge in [-0.3, -0.25) is 10.2 Å². The number of ether oxygens (including phenoxy) is 2. The third kappa shape index (κ3) is 6.07. The lowest BCUT2D eigenvalue weighted by atomic mass is 10.2. The molecular weight excluding hydrogens is 406 g/mol. The summed E-state index contributed by atoms with van der Waals surface area (Å²) >= 11 is 3.16. The molecule has 0 aliphatic heterocycles. The summed E-state index contributed by atoms with van der Waals surface area (Å²) in [5, 5.41) is 0. The van der Waals surface area contributed by atoms with Crippen molar-refractivity contribution >= 4 is 38.0 Å². The first-order valence-corrected chi connectivity index (χ1v) is 9.10. The Labute approximate surface area is 148 Å². The second-order valence-corrected chi connectivity index (χ2v) is 6.95. The minimum Gasteiger partial charge on any atom is -0.449 e. The van der Waals surface area contributed by atoms with E-state index >= 15 is 0 Å². The molecule has 24 heavy (non-hydrogen) atoms. The molecule has 0 saturated heterocycles. The first-order valence-electron chi connectivity index (χ1n) is 6.83. The third-order valence-corrected chi connectivity index (χ3v) is 4.79. The predicted octanol–water partition coefficient (Wildman–Crippen LogP) is 0.765. The number of hydrazine groups is 1. The van der Waals surface area contributed by atoms with Crippen molar-refractivity contribution in [2.24, 2.45) is 0 Å². The highest BCUT2D eigenvalue weighted by Gasteiger charge is 2.18. The summed E-state index contributed by atoms with van der Waals surface area (Å²) in [6, 6.07) is 3.94. The number of carbonyl (C=O) groups excluding carboxylic acids is 2. The van der Waals surface area contributed by atoms with E-state index in [9.17, 15) is 18.0 Å². The molecule has 0 bridgehead atoms. The Morgan fingerprint density at radius 1 is 1.25 bits per heavy atom. The number of sulfonamides is 1. The van der Waals surface area contributed by atoms with E-state index in [0.717, 1.165) is 0 Å².